The van der Waals surface area contributed by atoms with E-state index < -0.39 is 11.7 Å². The fourth-order valence-corrected chi connectivity index (χ4v) is 10.2. The number of benzene rings is 8. The van der Waals surface area contributed by atoms with Gasteiger partial charge in [-0.15, -0.1) is 0 Å². The number of alkyl halides is 3. The first-order chi connectivity index (χ1) is 30.2. The Morgan fingerprint density at radius 2 is 0.806 bits per heavy atom. The number of fused-ring (bicyclic) bond motifs is 14. The predicted octanol–water partition coefficient (Wildman–Crippen LogP) is 13.6. The van der Waals surface area contributed by atoms with Crippen molar-refractivity contribution in [3.8, 4) is 34.6 Å². The maximum atomic E-state index is 14.6. The van der Waals surface area contributed by atoms with Crippen LogP contribution in [0.4, 0.5) is 13.2 Å². The van der Waals surface area contributed by atoms with Gasteiger partial charge < -0.3 is 18.3 Å². The summed E-state index contributed by atoms with van der Waals surface area (Å²) >= 11 is 0. The molecule has 9 heteroatoms. The van der Waals surface area contributed by atoms with Gasteiger partial charge in [-0.3, -0.25) is 0 Å². The number of halogens is 3. The predicted molar refractivity (Wildman–Crippen MR) is 243 cm³/mol. The van der Waals surface area contributed by atoms with Crippen molar-refractivity contribution in [1.29, 1.82) is 10.5 Å². The number of hydrogen-bond acceptors (Lipinski definition) is 2. The van der Waals surface area contributed by atoms with Gasteiger partial charge in [0.25, 0.3) is 0 Å². The van der Waals surface area contributed by atoms with Crippen LogP contribution in [0.5, 0.6) is 0 Å². The molecule has 6 nitrogen and oxygen atoms in total. The second kappa shape index (κ2) is 12.6. The topological polar surface area (TPSA) is 67.3 Å². The summed E-state index contributed by atoms with van der Waals surface area (Å²) in [7, 11) is 4.08. The highest BCUT2D eigenvalue weighted by molar-refractivity contribution is 6.25. The number of nitriles is 2. The van der Waals surface area contributed by atoms with E-state index in [1.54, 1.807) is 0 Å². The van der Waals surface area contributed by atoms with E-state index in [0.29, 0.717) is 22.5 Å². The van der Waals surface area contributed by atoms with Crippen LogP contribution < -0.4 is 0 Å². The zero-order valence-electron chi connectivity index (χ0n) is 33.3. The number of aromatic nitrogens is 4. The first-order valence-corrected chi connectivity index (χ1v) is 20.2. The third kappa shape index (κ3) is 4.73. The smallest absolute Gasteiger partial charge is 0.342 e. The summed E-state index contributed by atoms with van der Waals surface area (Å²) in [6.45, 7) is 0. The van der Waals surface area contributed by atoms with E-state index in [-0.39, 0.29) is 11.1 Å². The Hall–Kier alpha value is -8.27. The first-order valence-electron chi connectivity index (χ1n) is 20.2. The van der Waals surface area contributed by atoms with Crippen LogP contribution in [0.1, 0.15) is 16.7 Å². The SMILES string of the molecule is Cn1c2ccccc2c2ccc3c4ccccc4n(-c4cc(-c5cc(C#N)cc(C(F)(F)F)c5)cc(-n5c6ccccc6c6ccc7c8ccccc8n(C)c7c65)c4C#N)c3c21. The molecule has 0 spiro atoms. The Balaban J connectivity index is 1.32. The largest absolute Gasteiger partial charge is 0.416 e. The summed E-state index contributed by atoms with van der Waals surface area (Å²) in [6, 6.07) is 52.7. The van der Waals surface area contributed by atoms with Crippen molar-refractivity contribution in [1.82, 2.24) is 18.3 Å². The minimum absolute atomic E-state index is 0.120. The standard InChI is InChI=1S/C53H31F3N6/c1-59-43-15-7-3-11-34(43)38-19-21-40-36-13-5-9-17-45(36)61(51(40)49(38)59)47-26-32(31-23-30(28-57)24-33(25-31)53(54,55)56)27-48(42(47)29-58)62-46-18-10-6-14-37(46)41-22-20-39-35-12-4-8-16-44(35)60(2)50(39)52(41)62/h3-27H,1-2H3. The fraction of sp³-hybridized carbons (Fsp3) is 0.0566. The van der Waals surface area contributed by atoms with Crippen molar-refractivity contribution >= 4 is 87.2 Å². The molecule has 0 atom stereocenters. The fourth-order valence-electron chi connectivity index (χ4n) is 10.2. The summed E-state index contributed by atoms with van der Waals surface area (Å²) in [4.78, 5) is 0. The van der Waals surface area contributed by atoms with Gasteiger partial charge in [0.1, 0.15) is 11.6 Å². The molecule has 0 unspecified atom stereocenters. The Morgan fingerprint density at radius 1 is 0.419 bits per heavy atom. The summed E-state index contributed by atoms with van der Waals surface area (Å²) in [5, 5.41) is 29.8. The Morgan fingerprint density at radius 3 is 1.23 bits per heavy atom. The molecule has 0 aliphatic heterocycles. The minimum atomic E-state index is -4.71. The number of aryl methyl sites for hydroxylation is 2. The quantitative estimate of drug-likeness (QED) is 0.178. The molecule has 0 saturated carbocycles. The molecule has 294 valence electrons. The molecule has 0 fully saturated rings. The molecule has 0 saturated heterocycles. The van der Waals surface area contributed by atoms with Crippen LogP contribution in [-0.4, -0.2) is 18.3 Å². The van der Waals surface area contributed by atoms with Gasteiger partial charge >= 0.3 is 6.18 Å². The van der Waals surface area contributed by atoms with Gasteiger partial charge in [-0.2, -0.15) is 23.7 Å². The second-order valence-corrected chi connectivity index (χ2v) is 16.0. The molecule has 0 radical (unpaired) electrons. The summed E-state index contributed by atoms with van der Waals surface area (Å²) in [5.74, 6) is 0. The average Bonchev–Trinajstić information content (AvgIpc) is 4.00. The van der Waals surface area contributed by atoms with Crippen LogP contribution in [0.3, 0.4) is 0 Å². The summed E-state index contributed by atoms with van der Waals surface area (Å²) < 4.78 is 52.4. The number of nitrogens with zero attached hydrogens (tertiary/aromatic N) is 6. The first kappa shape index (κ1) is 35.7. The normalized spacial score (nSPS) is 12.2. The highest BCUT2D eigenvalue weighted by Gasteiger charge is 2.32. The summed E-state index contributed by atoms with van der Waals surface area (Å²) in [6.07, 6.45) is -4.71. The van der Waals surface area contributed by atoms with E-state index >= 15 is 0 Å². The molecule has 0 amide bonds. The van der Waals surface area contributed by atoms with Crippen LogP contribution in [0.15, 0.2) is 152 Å². The van der Waals surface area contributed by atoms with E-state index in [1.807, 2.05) is 93.0 Å². The van der Waals surface area contributed by atoms with Gasteiger partial charge in [0.2, 0.25) is 0 Å². The maximum Gasteiger partial charge on any atom is 0.416 e. The third-order valence-corrected chi connectivity index (χ3v) is 12.8. The Labute approximate surface area is 351 Å². The van der Waals surface area contributed by atoms with Crippen LogP contribution in [0.25, 0.3) is 110 Å². The lowest BCUT2D eigenvalue weighted by atomic mass is 9.96. The highest BCUT2D eigenvalue weighted by Crippen LogP contribution is 2.45. The zero-order chi connectivity index (χ0) is 42.2. The Bertz CT molecular complexity index is 3810. The van der Waals surface area contributed by atoms with Gasteiger partial charge in [-0.1, -0.05) is 97.1 Å². The molecule has 12 rings (SSSR count). The van der Waals surface area contributed by atoms with Gasteiger partial charge in [-0.05, 0) is 65.7 Å². The van der Waals surface area contributed by atoms with Crippen molar-refractivity contribution in [3.05, 3.63) is 168 Å². The minimum Gasteiger partial charge on any atom is -0.342 e. The highest BCUT2D eigenvalue weighted by atomic mass is 19.4. The Kier molecular flexibility index (Phi) is 7.26. The lowest BCUT2D eigenvalue weighted by Gasteiger charge is -2.19. The zero-order valence-corrected chi connectivity index (χ0v) is 33.3. The molecule has 4 heterocycles. The number of hydrogen-bond donors (Lipinski definition) is 0. The maximum absolute atomic E-state index is 14.6. The van der Waals surface area contributed by atoms with Crippen LogP contribution in [0, 0.1) is 22.7 Å². The van der Waals surface area contributed by atoms with Crippen LogP contribution >= 0.6 is 0 Å². The molecule has 0 bridgehead atoms. The molecular weight excluding hydrogens is 778 g/mol. The van der Waals surface area contributed by atoms with E-state index in [0.717, 1.165) is 99.4 Å². The number of para-hydroxylation sites is 4. The van der Waals surface area contributed by atoms with Crippen molar-refractivity contribution in [2.24, 2.45) is 14.1 Å². The molecule has 0 aliphatic rings. The monoisotopic (exact) mass is 808 g/mol. The van der Waals surface area contributed by atoms with Crippen molar-refractivity contribution < 1.29 is 13.2 Å². The van der Waals surface area contributed by atoms with Gasteiger partial charge in [0.05, 0.1) is 61.7 Å². The van der Waals surface area contributed by atoms with E-state index in [9.17, 15) is 23.7 Å². The third-order valence-electron chi connectivity index (χ3n) is 12.8. The second-order valence-electron chi connectivity index (χ2n) is 16.0. The molecule has 12 aromatic rings. The molecular formula is C53H31F3N6. The molecule has 4 aromatic heterocycles. The molecule has 8 aromatic carbocycles. The lowest BCUT2D eigenvalue weighted by molar-refractivity contribution is -0.137. The van der Waals surface area contributed by atoms with Crippen molar-refractivity contribution in [2.45, 2.75) is 6.18 Å². The summed E-state index contributed by atoms with van der Waals surface area (Å²) in [5.41, 5.74) is 8.28. The molecule has 0 N–H and O–H groups in total. The van der Waals surface area contributed by atoms with Crippen molar-refractivity contribution in [3.63, 3.8) is 0 Å². The van der Waals surface area contributed by atoms with E-state index in [2.05, 4.69) is 85.0 Å². The van der Waals surface area contributed by atoms with Gasteiger partial charge in [-0.25, -0.2) is 0 Å². The van der Waals surface area contributed by atoms with Crippen LogP contribution in [-0.2, 0) is 20.3 Å². The average molecular weight is 809 g/mol. The van der Waals surface area contributed by atoms with E-state index in [4.69, 9.17) is 0 Å². The van der Waals surface area contributed by atoms with Crippen molar-refractivity contribution in [2.75, 3.05) is 0 Å². The van der Waals surface area contributed by atoms with Crippen LogP contribution in [0.2, 0.25) is 0 Å². The van der Waals surface area contributed by atoms with Gasteiger partial charge in [0.15, 0.2) is 0 Å². The van der Waals surface area contributed by atoms with Gasteiger partial charge in [0, 0.05) is 68.2 Å². The van der Waals surface area contributed by atoms with E-state index in [1.165, 1.54) is 6.07 Å². The molecule has 0 aliphatic carbocycles. The molecule has 62 heavy (non-hydrogen) atoms. The number of rotatable bonds is 3. The lowest BCUT2D eigenvalue weighted by Crippen LogP contribution is -2.07.